The maximum atomic E-state index is 11.6. The van der Waals surface area contributed by atoms with Gasteiger partial charge < -0.3 is 4.74 Å². The van der Waals surface area contributed by atoms with E-state index >= 15 is 0 Å². The standard InChI is InChI=1S/C11H6N4O4S/c16-10-12-9(13-11-14(10)5-6-20-11)19-8-3-1-7(2-4-8)15(17)18/h1-6H. The van der Waals surface area contributed by atoms with Crippen LogP contribution in [0.3, 0.4) is 0 Å². The van der Waals surface area contributed by atoms with Gasteiger partial charge in [0.1, 0.15) is 5.75 Å². The zero-order chi connectivity index (χ0) is 14.1. The van der Waals surface area contributed by atoms with Crippen LogP contribution in [0.25, 0.3) is 4.96 Å². The summed E-state index contributed by atoms with van der Waals surface area (Å²) in [6, 6.07) is 5.33. The molecule has 0 aliphatic heterocycles. The summed E-state index contributed by atoms with van der Waals surface area (Å²) >= 11 is 1.28. The fraction of sp³-hybridized carbons (Fsp3) is 0. The lowest BCUT2D eigenvalue weighted by molar-refractivity contribution is -0.384. The Bertz CT molecular complexity index is 840. The number of nitro benzene ring substituents is 1. The zero-order valence-electron chi connectivity index (χ0n) is 9.79. The van der Waals surface area contributed by atoms with Gasteiger partial charge in [0.2, 0.25) is 4.96 Å². The lowest BCUT2D eigenvalue weighted by Gasteiger charge is -2.02. The van der Waals surface area contributed by atoms with Gasteiger partial charge >= 0.3 is 11.7 Å². The highest BCUT2D eigenvalue weighted by Gasteiger charge is 2.09. The summed E-state index contributed by atoms with van der Waals surface area (Å²) in [5.41, 5.74) is -0.541. The average Bonchev–Trinajstić information content (AvgIpc) is 2.88. The van der Waals surface area contributed by atoms with E-state index in [0.29, 0.717) is 10.7 Å². The SMILES string of the molecule is O=c1nc(Oc2ccc([N+](=O)[O-])cc2)nc2sccn12. The third-order valence-corrected chi connectivity index (χ3v) is 3.19. The van der Waals surface area contributed by atoms with Crippen molar-refractivity contribution in [2.45, 2.75) is 0 Å². The Labute approximate surface area is 115 Å². The van der Waals surface area contributed by atoms with E-state index in [-0.39, 0.29) is 11.7 Å². The Morgan fingerprint density at radius 1 is 1.25 bits per heavy atom. The van der Waals surface area contributed by atoms with Crippen molar-refractivity contribution in [1.82, 2.24) is 14.4 Å². The first-order valence-electron chi connectivity index (χ1n) is 5.40. The predicted octanol–water partition coefficient (Wildman–Crippen LogP) is 1.85. The summed E-state index contributed by atoms with van der Waals surface area (Å²) in [6.45, 7) is 0. The van der Waals surface area contributed by atoms with Crippen molar-refractivity contribution >= 4 is 22.0 Å². The summed E-state index contributed by atoms with van der Waals surface area (Å²) in [7, 11) is 0. The predicted molar refractivity (Wildman–Crippen MR) is 70.3 cm³/mol. The van der Waals surface area contributed by atoms with Gasteiger partial charge in [0.25, 0.3) is 5.69 Å². The van der Waals surface area contributed by atoms with E-state index in [1.807, 2.05) is 0 Å². The number of nitrogens with zero attached hydrogens (tertiary/aromatic N) is 4. The minimum Gasteiger partial charge on any atom is -0.424 e. The molecule has 100 valence electrons. The molecule has 0 fully saturated rings. The van der Waals surface area contributed by atoms with Gasteiger partial charge in [0.15, 0.2) is 0 Å². The van der Waals surface area contributed by atoms with Crippen molar-refractivity contribution in [3.8, 4) is 11.8 Å². The Morgan fingerprint density at radius 3 is 2.70 bits per heavy atom. The molecule has 0 saturated heterocycles. The number of non-ortho nitro benzene ring substituents is 1. The molecule has 0 N–H and O–H groups in total. The van der Waals surface area contributed by atoms with Crippen LogP contribution in [-0.2, 0) is 0 Å². The molecule has 0 atom stereocenters. The molecular formula is C11H6N4O4S. The maximum absolute atomic E-state index is 11.6. The van der Waals surface area contributed by atoms with Crippen LogP contribution in [0, 0.1) is 10.1 Å². The van der Waals surface area contributed by atoms with E-state index in [4.69, 9.17) is 4.74 Å². The van der Waals surface area contributed by atoms with Gasteiger partial charge in [-0.15, -0.1) is 16.3 Å². The molecule has 0 aliphatic carbocycles. The number of thiazole rings is 1. The second-order valence-electron chi connectivity index (χ2n) is 3.70. The Hall–Kier alpha value is -2.81. The lowest BCUT2D eigenvalue weighted by Crippen LogP contribution is -2.16. The van der Waals surface area contributed by atoms with E-state index in [2.05, 4.69) is 9.97 Å². The summed E-state index contributed by atoms with van der Waals surface area (Å²) in [4.78, 5) is 29.9. The number of aromatic nitrogens is 3. The molecule has 9 heteroatoms. The summed E-state index contributed by atoms with van der Waals surface area (Å²) in [6.07, 6.45) is 1.57. The lowest BCUT2D eigenvalue weighted by atomic mass is 10.3. The molecule has 0 unspecified atom stereocenters. The van der Waals surface area contributed by atoms with E-state index in [1.165, 1.54) is 40.0 Å². The van der Waals surface area contributed by atoms with Gasteiger partial charge in [-0.1, -0.05) is 0 Å². The first-order valence-corrected chi connectivity index (χ1v) is 6.28. The molecule has 0 bridgehead atoms. The molecule has 20 heavy (non-hydrogen) atoms. The van der Waals surface area contributed by atoms with E-state index in [9.17, 15) is 14.9 Å². The summed E-state index contributed by atoms with van der Waals surface area (Å²) in [5.74, 6) is 0.316. The van der Waals surface area contributed by atoms with Crippen molar-refractivity contribution in [2.24, 2.45) is 0 Å². The molecule has 3 aromatic rings. The van der Waals surface area contributed by atoms with Crippen LogP contribution in [0.1, 0.15) is 0 Å². The number of nitro groups is 1. The molecule has 2 heterocycles. The Balaban J connectivity index is 1.92. The molecule has 0 aliphatic rings. The van der Waals surface area contributed by atoms with Crippen LogP contribution in [0.15, 0.2) is 40.6 Å². The molecule has 1 aromatic carbocycles. The molecule has 0 spiro atoms. The van der Waals surface area contributed by atoms with Gasteiger partial charge in [0, 0.05) is 23.7 Å². The van der Waals surface area contributed by atoms with Crippen molar-refractivity contribution in [3.63, 3.8) is 0 Å². The van der Waals surface area contributed by atoms with Gasteiger partial charge in [0.05, 0.1) is 4.92 Å². The van der Waals surface area contributed by atoms with Gasteiger partial charge in [-0.3, -0.25) is 10.1 Å². The molecule has 3 rings (SSSR count). The largest absolute Gasteiger partial charge is 0.424 e. The van der Waals surface area contributed by atoms with Crippen molar-refractivity contribution in [2.75, 3.05) is 0 Å². The normalized spacial score (nSPS) is 10.6. The highest BCUT2D eigenvalue weighted by molar-refractivity contribution is 7.15. The fourth-order valence-corrected chi connectivity index (χ4v) is 2.22. The maximum Gasteiger partial charge on any atom is 0.358 e. The smallest absolute Gasteiger partial charge is 0.358 e. The van der Waals surface area contributed by atoms with Gasteiger partial charge in [-0.25, -0.2) is 9.20 Å². The van der Waals surface area contributed by atoms with Crippen molar-refractivity contribution in [1.29, 1.82) is 0 Å². The molecule has 0 saturated carbocycles. The first-order chi connectivity index (χ1) is 9.63. The summed E-state index contributed by atoms with van der Waals surface area (Å²) in [5, 5.41) is 12.2. The number of ether oxygens (including phenoxy) is 1. The average molecular weight is 290 g/mol. The van der Waals surface area contributed by atoms with Crippen molar-refractivity contribution < 1.29 is 9.66 Å². The monoisotopic (exact) mass is 290 g/mol. The van der Waals surface area contributed by atoms with Crippen LogP contribution in [-0.4, -0.2) is 19.3 Å². The highest BCUT2D eigenvalue weighted by Crippen LogP contribution is 2.21. The van der Waals surface area contributed by atoms with Crippen LogP contribution in [0.4, 0.5) is 5.69 Å². The molecular weight excluding hydrogens is 284 g/mol. The third-order valence-electron chi connectivity index (χ3n) is 2.43. The highest BCUT2D eigenvalue weighted by atomic mass is 32.1. The summed E-state index contributed by atoms with van der Waals surface area (Å²) < 4.78 is 6.62. The van der Waals surface area contributed by atoms with E-state index in [1.54, 1.807) is 11.6 Å². The number of rotatable bonds is 3. The van der Waals surface area contributed by atoms with Crippen LogP contribution in [0.2, 0.25) is 0 Å². The second-order valence-corrected chi connectivity index (χ2v) is 4.57. The quantitative estimate of drug-likeness (QED) is 0.539. The Morgan fingerprint density at radius 2 is 2.00 bits per heavy atom. The molecule has 0 amide bonds. The Kier molecular flexibility index (Phi) is 2.88. The fourth-order valence-electron chi connectivity index (χ4n) is 1.53. The van der Waals surface area contributed by atoms with Gasteiger partial charge in [-0.05, 0) is 12.1 Å². The molecule has 2 aromatic heterocycles. The van der Waals surface area contributed by atoms with Crippen LogP contribution < -0.4 is 10.4 Å². The van der Waals surface area contributed by atoms with Crippen LogP contribution in [0.5, 0.6) is 11.8 Å². The number of benzene rings is 1. The number of hydrogen-bond donors (Lipinski definition) is 0. The zero-order valence-corrected chi connectivity index (χ0v) is 10.6. The first kappa shape index (κ1) is 12.2. The second kappa shape index (κ2) is 4.70. The molecule has 8 nitrogen and oxygen atoms in total. The topological polar surface area (TPSA) is 99.6 Å². The van der Waals surface area contributed by atoms with Gasteiger partial charge in [-0.2, -0.15) is 4.98 Å². The van der Waals surface area contributed by atoms with Crippen molar-refractivity contribution in [3.05, 3.63) is 56.4 Å². The minimum absolute atomic E-state index is 0.0490. The van der Waals surface area contributed by atoms with Crippen LogP contribution >= 0.6 is 11.3 Å². The van der Waals surface area contributed by atoms with E-state index in [0.717, 1.165) is 0 Å². The molecule has 0 radical (unpaired) electrons. The third kappa shape index (κ3) is 2.21. The number of hydrogen-bond acceptors (Lipinski definition) is 7. The number of fused-ring (bicyclic) bond motifs is 1. The van der Waals surface area contributed by atoms with E-state index < -0.39 is 10.6 Å². The minimum atomic E-state index is -0.510.